The van der Waals surface area contributed by atoms with E-state index >= 15 is 0 Å². The smallest absolute Gasteiger partial charge is 0.233 e. The molecule has 7 nitrogen and oxygen atoms in total. The van der Waals surface area contributed by atoms with Gasteiger partial charge in [-0.3, -0.25) is 9.89 Å². The summed E-state index contributed by atoms with van der Waals surface area (Å²) in [5.41, 5.74) is 1.99. The van der Waals surface area contributed by atoms with E-state index < -0.39 is 0 Å². The fourth-order valence-corrected chi connectivity index (χ4v) is 3.37. The first-order valence-electron chi connectivity index (χ1n) is 8.57. The summed E-state index contributed by atoms with van der Waals surface area (Å²) in [5.74, 6) is 1.85. The van der Waals surface area contributed by atoms with Gasteiger partial charge in [-0.05, 0) is 25.0 Å². The molecular formula is C18H20N6OS. The molecule has 1 aromatic carbocycles. The highest BCUT2D eigenvalue weighted by molar-refractivity contribution is 7.99. The van der Waals surface area contributed by atoms with Gasteiger partial charge in [0.15, 0.2) is 0 Å². The van der Waals surface area contributed by atoms with E-state index in [1.165, 1.54) is 24.6 Å². The summed E-state index contributed by atoms with van der Waals surface area (Å²) >= 11 is 1.37. The molecule has 0 saturated heterocycles. The van der Waals surface area contributed by atoms with E-state index in [0.29, 0.717) is 23.4 Å². The molecule has 2 heterocycles. The van der Waals surface area contributed by atoms with Crippen LogP contribution >= 0.6 is 11.8 Å². The molecule has 0 radical (unpaired) electrons. The van der Waals surface area contributed by atoms with Crippen LogP contribution in [0.4, 0.5) is 0 Å². The molecule has 0 aliphatic heterocycles. The van der Waals surface area contributed by atoms with Gasteiger partial charge in [-0.1, -0.05) is 30.0 Å². The first kappa shape index (κ1) is 16.8. The van der Waals surface area contributed by atoms with Gasteiger partial charge < -0.3 is 4.90 Å². The number of para-hydroxylation sites is 1. The van der Waals surface area contributed by atoms with Crippen LogP contribution in [0.5, 0.6) is 0 Å². The van der Waals surface area contributed by atoms with E-state index in [1.54, 1.807) is 18.1 Å². The zero-order valence-corrected chi connectivity index (χ0v) is 15.3. The number of amides is 1. The molecule has 1 fully saturated rings. The van der Waals surface area contributed by atoms with Crippen molar-refractivity contribution in [1.29, 1.82) is 0 Å². The molecule has 1 saturated carbocycles. The molecule has 0 bridgehead atoms. The van der Waals surface area contributed by atoms with Crippen molar-refractivity contribution in [3.8, 4) is 5.69 Å². The maximum atomic E-state index is 12.4. The molecule has 3 aromatic rings. The number of aromatic amines is 1. The summed E-state index contributed by atoms with van der Waals surface area (Å²) in [6.07, 6.45) is 6.10. The second-order valence-electron chi connectivity index (χ2n) is 6.44. The number of benzene rings is 1. The van der Waals surface area contributed by atoms with Crippen LogP contribution in [0.15, 0.2) is 47.9 Å². The lowest BCUT2D eigenvalue weighted by atomic mass is 10.3. The van der Waals surface area contributed by atoms with E-state index in [1.807, 2.05) is 41.2 Å². The molecule has 1 amide bonds. The zero-order valence-electron chi connectivity index (χ0n) is 14.5. The maximum absolute atomic E-state index is 12.4. The van der Waals surface area contributed by atoms with Gasteiger partial charge in [0.05, 0.1) is 17.6 Å². The predicted molar refractivity (Wildman–Crippen MR) is 99.1 cm³/mol. The van der Waals surface area contributed by atoms with E-state index in [9.17, 15) is 4.79 Å². The number of aromatic nitrogens is 5. The van der Waals surface area contributed by atoms with Gasteiger partial charge in [0, 0.05) is 31.3 Å². The number of rotatable bonds is 7. The minimum atomic E-state index is 0.0419. The van der Waals surface area contributed by atoms with E-state index in [-0.39, 0.29) is 5.91 Å². The normalized spacial score (nSPS) is 13.7. The molecule has 1 N–H and O–H groups in total. The van der Waals surface area contributed by atoms with Crippen molar-refractivity contribution in [3.05, 3.63) is 54.1 Å². The first-order valence-corrected chi connectivity index (χ1v) is 9.55. The van der Waals surface area contributed by atoms with Crippen molar-refractivity contribution >= 4 is 17.7 Å². The Bertz CT molecular complexity index is 886. The van der Waals surface area contributed by atoms with E-state index in [4.69, 9.17) is 0 Å². The number of carbonyl (C=O) groups is 1. The molecule has 134 valence electrons. The third kappa shape index (κ3) is 3.96. The number of nitrogens with one attached hydrogen (secondary N) is 1. The van der Waals surface area contributed by atoms with Crippen LogP contribution in [0, 0.1) is 0 Å². The van der Waals surface area contributed by atoms with Gasteiger partial charge in [0.2, 0.25) is 11.1 Å². The van der Waals surface area contributed by atoms with Crippen molar-refractivity contribution in [2.75, 3.05) is 12.8 Å². The highest BCUT2D eigenvalue weighted by Gasteiger charge is 2.27. The Morgan fingerprint density at radius 3 is 2.92 bits per heavy atom. The van der Waals surface area contributed by atoms with Crippen molar-refractivity contribution in [2.24, 2.45) is 0 Å². The second kappa shape index (κ2) is 7.33. The zero-order chi connectivity index (χ0) is 17.9. The molecule has 0 atom stereocenters. The minimum Gasteiger partial charge on any atom is -0.341 e. The number of hydrogen-bond acceptors (Lipinski definition) is 5. The van der Waals surface area contributed by atoms with Gasteiger partial charge in [-0.25, -0.2) is 9.67 Å². The quantitative estimate of drug-likeness (QED) is 0.649. The maximum Gasteiger partial charge on any atom is 0.233 e. The Labute approximate surface area is 155 Å². The van der Waals surface area contributed by atoms with Gasteiger partial charge in [-0.15, -0.1) is 5.10 Å². The minimum absolute atomic E-state index is 0.0419. The summed E-state index contributed by atoms with van der Waals surface area (Å²) in [7, 11) is 1.80. The van der Waals surface area contributed by atoms with Gasteiger partial charge in [-0.2, -0.15) is 5.10 Å². The van der Waals surface area contributed by atoms with Crippen LogP contribution in [0.25, 0.3) is 5.69 Å². The van der Waals surface area contributed by atoms with Gasteiger partial charge in [0.25, 0.3) is 0 Å². The first-order chi connectivity index (χ1) is 12.7. The van der Waals surface area contributed by atoms with Crippen LogP contribution in [0.1, 0.15) is 30.1 Å². The lowest BCUT2D eigenvalue weighted by Crippen LogP contribution is -2.27. The topological polar surface area (TPSA) is 79.7 Å². The average Bonchev–Trinajstić information content (AvgIpc) is 3.23. The van der Waals surface area contributed by atoms with Crippen molar-refractivity contribution in [3.63, 3.8) is 0 Å². The highest BCUT2D eigenvalue weighted by Crippen LogP contribution is 2.38. The van der Waals surface area contributed by atoms with Crippen LogP contribution in [0.3, 0.4) is 0 Å². The third-order valence-electron chi connectivity index (χ3n) is 4.27. The van der Waals surface area contributed by atoms with Crippen LogP contribution < -0.4 is 0 Å². The molecule has 4 rings (SSSR count). The summed E-state index contributed by atoms with van der Waals surface area (Å²) in [6, 6.07) is 9.91. The molecule has 8 heteroatoms. The lowest BCUT2D eigenvalue weighted by molar-refractivity contribution is -0.127. The summed E-state index contributed by atoms with van der Waals surface area (Å²) in [5, 5.41) is 12.1. The van der Waals surface area contributed by atoms with Gasteiger partial charge >= 0.3 is 0 Å². The van der Waals surface area contributed by atoms with Crippen molar-refractivity contribution < 1.29 is 4.79 Å². The Morgan fingerprint density at radius 1 is 1.35 bits per heavy atom. The monoisotopic (exact) mass is 368 g/mol. The van der Waals surface area contributed by atoms with Crippen molar-refractivity contribution in [1.82, 2.24) is 29.9 Å². The Morgan fingerprint density at radius 2 is 2.15 bits per heavy atom. The lowest BCUT2D eigenvalue weighted by Gasteiger charge is -2.15. The summed E-state index contributed by atoms with van der Waals surface area (Å²) in [4.78, 5) is 18.5. The Hall–Kier alpha value is -2.61. The Balaban J connectivity index is 1.30. The molecular weight excluding hydrogens is 348 g/mol. The molecule has 0 unspecified atom stereocenters. The van der Waals surface area contributed by atoms with Crippen LogP contribution in [-0.4, -0.2) is 48.6 Å². The van der Waals surface area contributed by atoms with E-state index in [2.05, 4.69) is 20.3 Å². The average molecular weight is 368 g/mol. The largest absolute Gasteiger partial charge is 0.341 e. The number of hydrogen-bond donors (Lipinski definition) is 1. The number of thioether (sulfide) groups is 1. The molecule has 26 heavy (non-hydrogen) atoms. The predicted octanol–water partition coefficient (Wildman–Crippen LogP) is 2.62. The second-order valence-corrected chi connectivity index (χ2v) is 7.39. The van der Waals surface area contributed by atoms with Gasteiger partial charge in [0.1, 0.15) is 5.82 Å². The SMILES string of the molecule is CN(Cc1cnn(-c2ccccc2)c1)C(=O)CSc1n[nH]c(C2CC2)n1. The molecule has 1 aliphatic carbocycles. The third-order valence-corrected chi connectivity index (χ3v) is 5.11. The fourth-order valence-electron chi connectivity index (χ4n) is 2.62. The Kier molecular flexibility index (Phi) is 4.75. The fraction of sp³-hybridized carbons (Fsp3) is 0.333. The molecule has 1 aliphatic rings. The highest BCUT2D eigenvalue weighted by atomic mass is 32.2. The molecule has 0 spiro atoms. The van der Waals surface area contributed by atoms with Crippen molar-refractivity contribution in [2.45, 2.75) is 30.5 Å². The van der Waals surface area contributed by atoms with Crippen LogP contribution in [-0.2, 0) is 11.3 Å². The number of nitrogens with zero attached hydrogens (tertiary/aromatic N) is 5. The summed E-state index contributed by atoms with van der Waals surface area (Å²) < 4.78 is 1.81. The standard InChI is InChI=1S/C18H20N6OS/c1-23(10-13-9-19-24(11-13)15-5-3-2-4-6-15)16(25)12-26-18-20-17(21-22-18)14-7-8-14/h2-6,9,11,14H,7-8,10,12H2,1H3,(H,20,21,22). The van der Waals surface area contributed by atoms with E-state index in [0.717, 1.165) is 17.1 Å². The molecule has 2 aromatic heterocycles. The number of H-pyrrole nitrogens is 1. The number of carbonyl (C=O) groups excluding carboxylic acids is 1. The van der Waals surface area contributed by atoms with Crippen LogP contribution in [0.2, 0.25) is 0 Å². The summed E-state index contributed by atoms with van der Waals surface area (Å²) in [6.45, 7) is 0.521.